The van der Waals surface area contributed by atoms with Gasteiger partial charge < -0.3 is 20.7 Å². The Morgan fingerprint density at radius 3 is 2.21 bits per heavy atom. The molecule has 4 N–H and O–H groups in total. The van der Waals surface area contributed by atoms with Crippen molar-refractivity contribution in [3.63, 3.8) is 0 Å². The zero-order valence-electron chi connectivity index (χ0n) is 15.5. The summed E-state index contributed by atoms with van der Waals surface area (Å²) < 4.78 is 5.08. The SMILES string of the molecule is COc1ccc(NC(=O)c2ccc(NCC(=O)NC(=O)NC3CC3)cc2)cc1. The zero-order valence-corrected chi connectivity index (χ0v) is 15.5. The van der Waals surface area contributed by atoms with Crippen LogP contribution in [0.5, 0.6) is 5.75 Å². The van der Waals surface area contributed by atoms with E-state index in [0.717, 1.165) is 12.8 Å². The first-order valence-electron chi connectivity index (χ1n) is 8.93. The fraction of sp³-hybridized carbons (Fsp3) is 0.250. The number of urea groups is 1. The summed E-state index contributed by atoms with van der Waals surface area (Å²) in [5, 5.41) is 10.6. The van der Waals surface area contributed by atoms with Crippen LogP contribution in [0.25, 0.3) is 0 Å². The molecule has 8 heteroatoms. The topological polar surface area (TPSA) is 109 Å². The van der Waals surface area contributed by atoms with Crippen molar-refractivity contribution < 1.29 is 19.1 Å². The minimum absolute atomic E-state index is 0.0462. The van der Waals surface area contributed by atoms with Crippen LogP contribution in [0, 0.1) is 0 Å². The summed E-state index contributed by atoms with van der Waals surface area (Å²) in [6, 6.07) is 13.4. The first-order valence-corrected chi connectivity index (χ1v) is 8.93. The molecule has 0 unspecified atom stereocenters. The molecule has 1 fully saturated rings. The molecule has 2 aromatic rings. The number of methoxy groups -OCH3 is 1. The van der Waals surface area contributed by atoms with Gasteiger partial charge in [0.1, 0.15) is 5.75 Å². The third-order valence-corrected chi connectivity index (χ3v) is 4.11. The fourth-order valence-electron chi connectivity index (χ4n) is 2.42. The molecule has 0 radical (unpaired) electrons. The van der Waals surface area contributed by atoms with Crippen LogP contribution in [0.3, 0.4) is 0 Å². The fourth-order valence-corrected chi connectivity index (χ4v) is 2.42. The highest BCUT2D eigenvalue weighted by molar-refractivity contribution is 6.04. The number of rotatable bonds is 7. The van der Waals surface area contributed by atoms with Crippen LogP contribution >= 0.6 is 0 Å². The molecule has 0 heterocycles. The third-order valence-electron chi connectivity index (χ3n) is 4.11. The Morgan fingerprint density at radius 1 is 0.964 bits per heavy atom. The smallest absolute Gasteiger partial charge is 0.321 e. The first-order chi connectivity index (χ1) is 13.5. The molecular formula is C20H22N4O4. The van der Waals surface area contributed by atoms with Crippen LogP contribution in [-0.2, 0) is 4.79 Å². The summed E-state index contributed by atoms with van der Waals surface area (Å²) in [6.07, 6.45) is 1.91. The van der Waals surface area contributed by atoms with Gasteiger partial charge in [-0.25, -0.2) is 4.79 Å². The van der Waals surface area contributed by atoms with Gasteiger partial charge in [-0.05, 0) is 61.4 Å². The Labute approximate surface area is 162 Å². The summed E-state index contributed by atoms with van der Waals surface area (Å²) in [5.74, 6) is 0.0353. The highest BCUT2D eigenvalue weighted by atomic mass is 16.5. The van der Waals surface area contributed by atoms with Crippen molar-refractivity contribution in [3.8, 4) is 5.75 Å². The number of carbonyl (C=O) groups excluding carboxylic acids is 3. The highest BCUT2D eigenvalue weighted by Crippen LogP contribution is 2.18. The van der Waals surface area contributed by atoms with Gasteiger partial charge >= 0.3 is 6.03 Å². The van der Waals surface area contributed by atoms with Gasteiger partial charge in [0.15, 0.2) is 0 Å². The summed E-state index contributed by atoms with van der Waals surface area (Å²) in [6.45, 7) is -0.0462. The maximum Gasteiger partial charge on any atom is 0.321 e. The van der Waals surface area contributed by atoms with Gasteiger partial charge in [0, 0.05) is 23.0 Å². The normalized spacial score (nSPS) is 12.6. The van der Waals surface area contributed by atoms with Crippen LogP contribution in [0.2, 0.25) is 0 Å². The number of benzene rings is 2. The van der Waals surface area contributed by atoms with Crippen LogP contribution in [0.1, 0.15) is 23.2 Å². The van der Waals surface area contributed by atoms with Crippen molar-refractivity contribution >= 4 is 29.2 Å². The van der Waals surface area contributed by atoms with E-state index >= 15 is 0 Å². The predicted octanol–water partition coefficient (Wildman–Crippen LogP) is 2.35. The highest BCUT2D eigenvalue weighted by Gasteiger charge is 2.23. The quantitative estimate of drug-likeness (QED) is 0.588. The lowest BCUT2D eigenvalue weighted by Crippen LogP contribution is -2.42. The van der Waals surface area contributed by atoms with E-state index in [9.17, 15) is 14.4 Å². The molecule has 0 aliphatic heterocycles. The standard InChI is InChI=1S/C20H22N4O4/c1-28-17-10-8-15(9-11-17)22-19(26)13-2-4-14(5-3-13)21-12-18(25)24-20(27)23-16-6-7-16/h2-5,8-11,16,21H,6-7,12H2,1H3,(H,22,26)(H2,23,24,25,27). The number of anilines is 2. The monoisotopic (exact) mass is 382 g/mol. The third kappa shape index (κ3) is 5.73. The molecular weight excluding hydrogens is 360 g/mol. The van der Waals surface area contributed by atoms with Gasteiger partial charge in [0.25, 0.3) is 5.91 Å². The Morgan fingerprint density at radius 2 is 1.61 bits per heavy atom. The van der Waals surface area contributed by atoms with Gasteiger partial charge in [-0.15, -0.1) is 0 Å². The van der Waals surface area contributed by atoms with E-state index in [2.05, 4.69) is 21.3 Å². The van der Waals surface area contributed by atoms with Crippen LogP contribution in [0.4, 0.5) is 16.2 Å². The van der Waals surface area contributed by atoms with Crippen molar-refractivity contribution in [2.24, 2.45) is 0 Å². The van der Waals surface area contributed by atoms with Crippen molar-refractivity contribution in [3.05, 3.63) is 54.1 Å². The second kappa shape index (κ2) is 8.90. The second-order valence-corrected chi connectivity index (χ2v) is 6.41. The summed E-state index contributed by atoms with van der Waals surface area (Å²) in [4.78, 5) is 35.5. The number of amides is 4. The number of nitrogens with one attached hydrogen (secondary N) is 4. The molecule has 1 saturated carbocycles. The summed E-state index contributed by atoms with van der Waals surface area (Å²) >= 11 is 0. The van der Waals surface area contributed by atoms with E-state index in [-0.39, 0.29) is 18.5 Å². The largest absolute Gasteiger partial charge is 0.497 e. The zero-order chi connectivity index (χ0) is 19.9. The summed E-state index contributed by atoms with van der Waals surface area (Å²) in [5.41, 5.74) is 1.81. The Balaban J connectivity index is 1.46. The minimum Gasteiger partial charge on any atom is -0.497 e. The maximum atomic E-state index is 12.3. The van der Waals surface area contributed by atoms with Crippen LogP contribution in [0.15, 0.2) is 48.5 Å². The Hall–Kier alpha value is -3.55. The number of imide groups is 1. The minimum atomic E-state index is -0.472. The van der Waals surface area contributed by atoms with Crippen molar-refractivity contribution in [1.82, 2.24) is 10.6 Å². The predicted molar refractivity (Wildman–Crippen MR) is 106 cm³/mol. The van der Waals surface area contributed by atoms with E-state index in [1.807, 2.05) is 0 Å². The molecule has 3 rings (SSSR count). The molecule has 0 bridgehead atoms. The molecule has 0 atom stereocenters. The Kier molecular flexibility index (Phi) is 6.11. The number of carbonyl (C=O) groups is 3. The summed E-state index contributed by atoms with van der Waals surface area (Å²) in [7, 11) is 1.58. The molecule has 8 nitrogen and oxygen atoms in total. The van der Waals surface area contributed by atoms with E-state index in [0.29, 0.717) is 22.7 Å². The number of hydrogen-bond acceptors (Lipinski definition) is 5. The van der Waals surface area contributed by atoms with E-state index in [1.165, 1.54) is 0 Å². The lowest BCUT2D eigenvalue weighted by atomic mass is 10.2. The van der Waals surface area contributed by atoms with Crippen molar-refractivity contribution in [2.75, 3.05) is 24.3 Å². The van der Waals surface area contributed by atoms with Gasteiger partial charge in [-0.3, -0.25) is 14.9 Å². The average molecular weight is 382 g/mol. The molecule has 2 aromatic carbocycles. The molecule has 28 heavy (non-hydrogen) atoms. The Bertz CT molecular complexity index is 846. The van der Waals surface area contributed by atoms with Crippen LogP contribution < -0.4 is 26.0 Å². The first kappa shape index (κ1) is 19.2. The molecule has 1 aliphatic carbocycles. The van der Waals surface area contributed by atoms with E-state index < -0.39 is 11.9 Å². The molecule has 146 valence electrons. The second-order valence-electron chi connectivity index (χ2n) is 6.41. The molecule has 1 aliphatic rings. The molecule has 0 saturated heterocycles. The van der Waals surface area contributed by atoms with Gasteiger partial charge in [-0.1, -0.05) is 0 Å². The van der Waals surface area contributed by atoms with Gasteiger partial charge in [0.05, 0.1) is 13.7 Å². The van der Waals surface area contributed by atoms with E-state index in [4.69, 9.17) is 4.74 Å². The lowest BCUT2D eigenvalue weighted by molar-refractivity contribution is -0.118. The van der Waals surface area contributed by atoms with Crippen LogP contribution in [-0.4, -0.2) is 37.5 Å². The molecule has 0 spiro atoms. The van der Waals surface area contributed by atoms with Crippen molar-refractivity contribution in [2.45, 2.75) is 18.9 Å². The number of hydrogen-bond donors (Lipinski definition) is 4. The van der Waals surface area contributed by atoms with Gasteiger partial charge in [0.2, 0.25) is 5.91 Å². The van der Waals surface area contributed by atoms with E-state index in [1.54, 1.807) is 55.6 Å². The van der Waals surface area contributed by atoms with Crippen molar-refractivity contribution in [1.29, 1.82) is 0 Å². The molecule has 4 amide bonds. The number of ether oxygens (including phenoxy) is 1. The average Bonchev–Trinajstić information content (AvgIpc) is 3.51. The van der Waals surface area contributed by atoms with Gasteiger partial charge in [-0.2, -0.15) is 0 Å². The molecule has 0 aromatic heterocycles. The lowest BCUT2D eigenvalue weighted by Gasteiger charge is -2.09. The maximum absolute atomic E-state index is 12.3.